The van der Waals surface area contributed by atoms with Crippen molar-refractivity contribution in [1.82, 2.24) is 0 Å². The molecule has 0 atom stereocenters. The van der Waals surface area contributed by atoms with Crippen LogP contribution in [0.25, 0.3) is 0 Å². The van der Waals surface area contributed by atoms with Crippen LogP contribution in [0.5, 0.6) is 0 Å². The zero-order valence-corrected chi connectivity index (χ0v) is 9.02. The van der Waals surface area contributed by atoms with E-state index in [1.807, 2.05) is 30.3 Å². The van der Waals surface area contributed by atoms with Crippen LogP contribution in [-0.2, 0) is 19.7 Å². The zero-order valence-electron chi connectivity index (χ0n) is 9.02. The molecule has 0 unspecified atom stereocenters. The minimum absolute atomic E-state index is 0.167. The van der Waals surface area contributed by atoms with E-state index in [9.17, 15) is 4.79 Å². The van der Waals surface area contributed by atoms with Crippen LogP contribution in [0.4, 0.5) is 0 Å². The first-order valence-electron chi connectivity index (χ1n) is 5.19. The molecule has 0 amide bonds. The van der Waals surface area contributed by atoms with E-state index in [1.165, 1.54) is 6.08 Å². The van der Waals surface area contributed by atoms with E-state index in [2.05, 4.69) is 6.58 Å². The Morgan fingerprint density at radius 2 is 2.12 bits per heavy atom. The molecule has 3 heteroatoms. The summed E-state index contributed by atoms with van der Waals surface area (Å²) in [7, 11) is 0. The first-order chi connectivity index (χ1) is 7.77. The van der Waals surface area contributed by atoms with Crippen LogP contribution in [0.1, 0.15) is 5.56 Å². The third kappa shape index (κ3) is 1.99. The van der Waals surface area contributed by atoms with Gasteiger partial charge in [0.05, 0.1) is 18.6 Å². The molecule has 1 fully saturated rings. The largest absolute Gasteiger partial charge is 0.461 e. The lowest BCUT2D eigenvalue weighted by Crippen LogP contribution is -2.50. The highest BCUT2D eigenvalue weighted by Gasteiger charge is 2.41. The summed E-state index contributed by atoms with van der Waals surface area (Å²) in [4.78, 5) is 11.0. The summed E-state index contributed by atoms with van der Waals surface area (Å²) in [5.74, 6) is -0.387. The Hall–Kier alpha value is -1.61. The number of hydrogen-bond donors (Lipinski definition) is 0. The van der Waals surface area contributed by atoms with E-state index in [0.29, 0.717) is 19.8 Å². The van der Waals surface area contributed by atoms with E-state index in [1.54, 1.807) is 0 Å². The summed E-state index contributed by atoms with van der Waals surface area (Å²) in [5.41, 5.74) is 0.984. The molecule has 1 aromatic carbocycles. The van der Waals surface area contributed by atoms with Gasteiger partial charge in [-0.15, -0.1) is 0 Å². The molecule has 0 saturated carbocycles. The zero-order chi connectivity index (χ0) is 11.4. The monoisotopic (exact) mass is 218 g/mol. The Labute approximate surface area is 94.7 Å². The van der Waals surface area contributed by atoms with Gasteiger partial charge in [-0.1, -0.05) is 36.9 Å². The summed E-state index contributed by atoms with van der Waals surface area (Å²) in [6.07, 6.45) is 1.18. The van der Waals surface area contributed by atoms with Crippen molar-refractivity contribution in [3.8, 4) is 0 Å². The molecule has 0 aliphatic carbocycles. The number of rotatable bonds is 4. The first kappa shape index (κ1) is 10.9. The summed E-state index contributed by atoms with van der Waals surface area (Å²) < 4.78 is 10.4. The minimum Gasteiger partial charge on any atom is -0.461 e. The third-order valence-corrected chi connectivity index (χ3v) is 2.80. The lowest BCUT2D eigenvalue weighted by Gasteiger charge is -2.41. The predicted molar refractivity (Wildman–Crippen MR) is 60.1 cm³/mol. The van der Waals surface area contributed by atoms with Crippen LogP contribution in [0.15, 0.2) is 43.0 Å². The van der Waals surface area contributed by atoms with E-state index in [0.717, 1.165) is 5.56 Å². The van der Waals surface area contributed by atoms with Gasteiger partial charge in [0.1, 0.15) is 6.61 Å². The fourth-order valence-corrected chi connectivity index (χ4v) is 1.74. The Bertz CT molecular complexity index is 379. The van der Waals surface area contributed by atoms with Gasteiger partial charge in [-0.2, -0.15) is 0 Å². The number of esters is 1. The highest BCUT2D eigenvalue weighted by Crippen LogP contribution is 2.32. The Kier molecular flexibility index (Phi) is 3.06. The van der Waals surface area contributed by atoms with Crippen molar-refractivity contribution >= 4 is 5.97 Å². The SMILES string of the molecule is C=CC(=O)OCC1(c2ccccc2)COC1. The van der Waals surface area contributed by atoms with Crippen LogP contribution in [0.2, 0.25) is 0 Å². The van der Waals surface area contributed by atoms with Crippen molar-refractivity contribution in [2.24, 2.45) is 0 Å². The molecule has 16 heavy (non-hydrogen) atoms. The van der Waals surface area contributed by atoms with Gasteiger partial charge in [-0.05, 0) is 5.56 Å². The molecule has 84 valence electrons. The van der Waals surface area contributed by atoms with Gasteiger partial charge in [0.25, 0.3) is 0 Å². The van der Waals surface area contributed by atoms with Gasteiger partial charge in [0, 0.05) is 6.08 Å². The van der Waals surface area contributed by atoms with Gasteiger partial charge in [-0.25, -0.2) is 4.79 Å². The molecule has 1 aliphatic heterocycles. The standard InChI is InChI=1S/C13H14O3/c1-2-12(14)16-10-13(8-15-9-13)11-6-4-3-5-7-11/h2-7H,1,8-10H2. The van der Waals surface area contributed by atoms with Crippen LogP contribution in [0, 0.1) is 0 Å². The van der Waals surface area contributed by atoms with E-state index in [-0.39, 0.29) is 11.4 Å². The average molecular weight is 218 g/mol. The summed E-state index contributed by atoms with van der Waals surface area (Å²) in [6, 6.07) is 9.98. The van der Waals surface area contributed by atoms with E-state index >= 15 is 0 Å². The van der Waals surface area contributed by atoms with Crippen molar-refractivity contribution in [2.75, 3.05) is 19.8 Å². The maximum absolute atomic E-state index is 11.0. The highest BCUT2D eigenvalue weighted by molar-refractivity contribution is 5.81. The van der Waals surface area contributed by atoms with Gasteiger partial charge in [0.2, 0.25) is 0 Å². The molecule has 2 rings (SSSR count). The molecule has 0 bridgehead atoms. The molecule has 0 aromatic heterocycles. The van der Waals surface area contributed by atoms with Crippen molar-refractivity contribution in [2.45, 2.75) is 5.41 Å². The second-order valence-electron chi connectivity index (χ2n) is 3.95. The molecule has 1 aliphatic rings. The van der Waals surface area contributed by atoms with Crippen LogP contribution in [-0.4, -0.2) is 25.8 Å². The molecule has 0 radical (unpaired) electrons. The number of benzene rings is 1. The lowest BCUT2D eigenvalue weighted by atomic mass is 9.79. The second-order valence-corrected chi connectivity index (χ2v) is 3.95. The van der Waals surface area contributed by atoms with Crippen LogP contribution in [0.3, 0.4) is 0 Å². The number of carbonyl (C=O) groups excluding carboxylic acids is 1. The minimum atomic E-state index is -0.387. The van der Waals surface area contributed by atoms with Crippen molar-refractivity contribution < 1.29 is 14.3 Å². The number of hydrogen-bond acceptors (Lipinski definition) is 3. The maximum atomic E-state index is 11.0. The molecule has 0 spiro atoms. The number of carbonyl (C=O) groups is 1. The van der Waals surface area contributed by atoms with Crippen molar-refractivity contribution in [3.05, 3.63) is 48.6 Å². The highest BCUT2D eigenvalue weighted by atomic mass is 16.5. The molecule has 1 aromatic rings. The van der Waals surface area contributed by atoms with Crippen LogP contribution >= 0.6 is 0 Å². The Morgan fingerprint density at radius 3 is 2.62 bits per heavy atom. The van der Waals surface area contributed by atoms with Crippen molar-refractivity contribution in [3.63, 3.8) is 0 Å². The summed E-state index contributed by atoms with van der Waals surface area (Å²) in [6.45, 7) is 4.92. The fraction of sp³-hybridized carbons (Fsp3) is 0.308. The molecular weight excluding hydrogens is 204 g/mol. The Balaban J connectivity index is 2.08. The quantitative estimate of drug-likeness (QED) is 0.570. The van der Waals surface area contributed by atoms with Crippen LogP contribution < -0.4 is 0 Å². The fourth-order valence-electron chi connectivity index (χ4n) is 1.74. The number of ether oxygens (including phenoxy) is 2. The van der Waals surface area contributed by atoms with E-state index in [4.69, 9.17) is 9.47 Å². The molecule has 3 nitrogen and oxygen atoms in total. The van der Waals surface area contributed by atoms with Gasteiger partial charge < -0.3 is 9.47 Å². The average Bonchev–Trinajstić information content (AvgIpc) is 2.29. The maximum Gasteiger partial charge on any atom is 0.330 e. The molecule has 1 heterocycles. The Morgan fingerprint density at radius 1 is 1.44 bits per heavy atom. The van der Waals surface area contributed by atoms with E-state index < -0.39 is 0 Å². The van der Waals surface area contributed by atoms with Gasteiger partial charge >= 0.3 is 5.97 Å². The topological polar surface area (TPSA) is 35.5 Å². The molecular formula is C13H14O3. The van der Waals surface area contributed by atoms with Gasteiger partial charge in [0.15, 0.2) is 0 Å². The van der Waals surface area contributed by atoms with Gasteiger partial charge in [-0.3, -0.25) is 0 Å². The first-order valence-corrected chi connectivity index (χ1v) is 5.19. The van der Waals surface area contributed by atoms with Crippen molar-refractivity contribution in [1.29, 1.82) is 0 Å². The molecule has 1 saturated heterocycles. The summed E-state index contributed by atoms with van der Waals surface area (Å²) in [5, 5.41) is 0. The predicted octanol–water partition coefficient (Wildman–Crippen LogP) is 1.68. The summed E-state index contributed by atoms with van der Waals surface area (Å²) >= 11 is 0. The lowest BCUT2D eigenvalue weighted by molar-refractivity contribution is -0.148. The molecule has 0 N–H and O–H groups in total. The smallest absolute Gasteiger partial charge is 0.330 e. The normalized spacial score (nSPS) is 17.2. The third-order valence-electron chi connectivity index (χ3n) is 2.80. The second kappa shape index (κ2) is 4.49.